The van der Waals surface area contributed by atoms with Crippen molar-refractivity contribution < 1.29 is 14.7 Å². The lowest BCUT2D eigenvalue weighted by Crippen LogP contribution is -1.99. The van der Waals surface area contributed by atoms with Crippen molar-refractivity contribution in [1.29, 1.82) is 0 Å². The van der Waals surface area contributed by atoms with Crippen molar-refractivity contribution in [3.63, 3.8) is 0 Å². The second kappa shape index (κ2) is 7.29. The molecule has 2 aromatic rings. The van der Waals surface area contributed by atoms with E-state index < -0.39 is 5.97 Å². The van der Waals surface area contributed by atoms with Gasteiger partial charge in [-0.2, -0.15) is 0 Å². The van der Waals surface area contributed by atoms with Gasteiger partial charge in [0.15, 0.2) is 0 Å². The molecule has 0 radical (unpaired) electrons. The smallest absolute Gasteiger partial charge is 0.307 e. The van der Waals surface area contributed by atoms with Gasteiger partial charge in [0.2, 0.25) is 5.12 Å². The van der Waals surface area contributed by atoms with E-state index in [1.807, 2.05) is 36.4 Å². The van der Waals surface area contributed by atoms with Crippen molar-refractivity contribution in [3.05, 3.63) is 54.1 Å². The molecule has 0 aliphatic carbocycles. The Morgan fingerprint density at radius 3 is 2.33 bits per heavy atom. The molecule has 1 N–H and O–H groups in total. The molecule has 0 saturated carbocycles. The van der Waals surface area contributed by atoms with E-state index in [0.29, 0.717) is 0 Å². The zero-order chi connectivity index (χ0) is 15.2. The highest BCUT2D eigenvalue weighted by atomic mass is 35.5. The Labute approximate surface area is 131 Å². The summed E-state index contributed by atoms with van der Waals surface area (Å²) in [6, 6.07) is 14.9. The van der Waals surface area contributed by atoms with Crippen LogP contribution in [0.25, 0.3) is 11.1 Å². The molecule has 108 valence electrons. The van der Waals surface area contributed by atoms with Gasteiger partial charge < -0.3 is 5.11 Å². The molecule has 0 spiro atoms. The molecule has 0 saturated heterocycles. The SMILES string of the molecule is O=C(O)Cc1ccc(-c2ccccc2SC(=O)CCl)cc1. The van der Waals surface area contributed by atoms with Crippen molar-refractivity contribution in [2.24, 2.45) is 0 Å². The number of rotatable bonds is 5. The van der Waals surface area contributed by atoms with Crippen LogP contribution in [0.1, 0.15) is 5.56 Å². The summed E-state index contributed by atoms with van der Waals surface area (Å²) in [5.74, 6) is -0.886. The van der Waals surface area contributed by atoms with Gasteiger partial charge in [0.25, 0.3) is 0 Å². The number of carboxylic acids is 1. The Balaban J connectivity index is 2.29. The van der Waals surface area contributed by atoms with Crippen LogP contribution in [0.15, 0.2) is 53.4 Å². The van der Waals surface area contributed by atoms with Gasteiger partial charge >= 0.3 is 5.97 Å². The minimum Gasteiger partial charge on any atom is -0.481 e. The number of carboxylic acid groups (broad SMARTS) is 1. The summed E-state index contributed by atoms with van der Waals surface area (Å²) >= 11 is 6.66. The largest absolute Gasteiger partial charge is 0.481 e. The Morgan fingerprint density at radius 1 is 1.05 bits per heavy atom. The third-order valence-corrected chi connectivity index (χ3v) is 4.19. The van der Waals surface area contributed by atoms with Crippen molar-refractivity contribution in [2.75, 3.05) is 5.88 Å². The van der Waals surface area contributed by atoms with E-state index in [2.05, 4.69) is 0 Å². The normalized spacial score (nSPS) is 10.3. The summed E-state index contributed by atoms with van der Waals surface area (Å²) in [6.45, 7) is 0. The number of hydrogen-bond donors (Lipinski definition) is 1. The first-order valence-electron chi connectivity index (χ1n) is 6.27. The molecular formula is C16H13ClO3S. The van der Waals surface area contributed by atoms with Gasteiger partial charge in [-0.15, -0.1) is 11.6 Å². The highest BCUT2D eigenvalue weighted by Gasteiger charge is 2.10. The van der Waals surface area contributed by atoms with Crippen LogP contribution in [0.3, 0.4) is 0 Å². The van der Waals surface area contributed by atoms with Crippen molar-refractivity contribution in [2.45, 2.75) is 11.3 Å². The average molecular weight is 321 g/mol. The third kappa shape index (κ3) is 4.34. The molecule has 5 heteroatoms. The predicted octanol–water partition coefficient (Wildman–Crippen LogP) is 3.84. The number of aliphatic carboxylic acids is 1. The van der Waals surface area contributed by atoms with Crippen LogP contribution in [-0.2, 0) is 16.0 Å². The van der Waals surface area contributed by atoms with Gasteiger partial charge in [0, 0.05) is 4.90 Å². The maximum atomic E-state index is 11.5. The van der Waals surface area contributed by atoms with E-state index in [-0.39, 0.29) is 17.4 Å². The third-order valence-electron chi connectivity index (χ3n) is 2.84. The summed E-state index contributed by atoms with van der Waals surface area (Å²) in [5.41, 5.74) is 2.62. The van der Waals surface area contributed by atoms with Gasteiger partial charge in [-0.3, -0.25) is 9.59 Å². The minimum atomic E-state index is -0.855. The fourth-order valence-corrected chi connectivity index (χ4v) is 2.83. The zero-order valence-corrected chi connectivity index (χ0v) is 12.7. The lowest BCUT2D eigenvalue weighted by Gasteiger charge is -2.08. The topological polar surface area (TPSA) is 54.4 Å². The van der Waals surface area contributed by atoms with Crippen LogP contribution in [0.2, 0.25) is 0 Å². The molecule has 0 aliphatic heterocycles. The van der Waals surface area contributed by atoms with Gasteiger partial charge in [-0.1, -0.05) is 54.2 Å². The quantitative estimate of drug-likeness (QED) is 0.672. The number of carbonyl (C=O) groups is 2. The standard InChI is InChI=1S/C16H13ClO3S/c17-10-16(20)21-14-4-2-1-3-13(14)12-7-5-11(6-8-12)9-15(18)19/h1-8H,9-10H2,(H,18,19). The lowest BCUT2D eigenvalue weighted by molar-refractivity contribution is -0.136. The summed E-state index contributed by atoms with van der Waals surface area (Å²) < 4.78 is 0. The predicted molar refractivity (Wildman–Crippen MR) is 84.8 cm³/mol. The molecule has 0 heterocycles. The molecule has 0 unspecified atom stereocenters. The zero-order valence-electron chi connectivity index (χ0n) is 11.1. The van der Waals surface area contributed by atoms with Crippen LogP contribution < -0.4 is 0 Å². The van der Waals surface area contributed by atoms with E-state index in [4.69, 9.17) is 16.7 Å². The molecule has 0 fully saturated rings. The number of halogens is 1. The van der Waals surface area contributed by atoms with Gasteiger partial charge in [0.1, 0.15) is 0 Å². The Morgan fingerprint density at radius 2 is 1.71 bits per heavy atom. The van der Waals surface area contributed by atoms with Crippen LogP contribution in [0, 0.1) is 0 Å². The summed E-state index contributed by atoms with van der Waals surface area (Å²) in [6.07, 6.45) is 0.00140. The van der Waals surface area contributed by atoms with Crippen LogP contribution in [0.5, 0.6) is 0 Å². The van der Waals surface area contributed by atoms with Gasteiger partial charge in [0.05, 0.1) is 12.3 Å². The molecule has 3 nitrogen and oxygen atoms in total. The molecule has 0 amide bonds. The van der Waals surface area contributed by atoms with E-state index in [1.165, 1.54) is 0 Å². The Hall–Kier alpha value is -1.78. The molecule has 0 aromatic heterocycles. The number of benzene rings is 2. The first-order chi connectivity index (χ1) is 10.1. The van der Waals surface area contributed by atoms with E-state index in [0.717, 1.165) is 33.3 Å². The maximum absolute atomic E-state index is 11.5. The highest BCUT2D eigenvalue weighted by Crippen LogP contribution is 2.32. The molecule has 0 aliphatic rings. The monoisotopic (exact) mass is 320 g/mol. The maximum Gasteiger partial charge on any atom is 0.307 e. The van der Waals surface area contributed by atoms with E-state index in [9.17, 15) is 9.59 Å². The molecule has 21 heavy (non-hydrogen) atoms. The summed E-state index contributed by atoms with van der Waals surface area (Å²) in [4.78, 5) is 23.0. The number of alkyl halides is 1. The Kier molecular flexibility index (Phi) is 5.42. The molecule has 2 rings (SSSR count). The molecule has 0 bridgehead atoms. The van der Waals surface area contributed by atoms with E-state index in [1.54, 1.807) is 12.1 Å². The highest BCUT2D eigenvalue weighted by molar-refractivity contribution is 8.14. The van der Waals surface area contributed by atoms with Crippen molar-refractivity contribution >= 4 is 34.4 Å². The molecule has 2 aromatic carbocycles. The molecular weight excluding hydrogens is 308 g/mol. The van der Waals surface area contributed by atoms with Gasteiger partial charge in [-0.25, -0.2) is 0 Å². The van der Waals surface area contributed by atoms with Crippen LogP contribution in [0.4, 0.5) is 0 Å². The fourth-order valence-electron chi connectivity index (χ4n) is 1.92. The summed E-state index contributed by atoms with van der Waals surface area (Å²) in [7, 11) is 0. The first-order valence-corrected chi connectivity index (χ1v) is 7.62. The molecule has 0 atom stereocenters. The summed E-state index contributed by atoms with van der Waals surface area (Å²) in [5, 5.41) is 8.67. The lowest BCUT2D eigenvalue weighted by atomic mass is 10.0. The second-order valence-corrected chi connectivity index (χ2v) is 5.74. The minimum absolute atomic E-state index is 0.00140. The number of carbonyl (C=O) groups excluding carboxylic acids is 1. The van der Waals surface area contributed by atoms with Crippen LogP contribution >= 0.6 is 23.4 Å². The number of thioether (sulfide) groups is 1. The van der Waals surface area contributed by atoms with Crippen LogP contribution in [-0.4, -0.2) is 22.1 Å². The fraction of sp³-hybridized carbons (Fsp3) is 0.125. The average Bonchev–Trinajstić information content (AvgIpc) is 2.48. The van der Waals surface area contributed by atoms with Crippen molar-refractivity contribution in [1.82, 2.24) is 0 Å². The van der Waals surface area contributed by atoms with Gasteiger partial charge in [-0.05, 0) is 22.8 Å². The van der Waals surface area contributed by atoms with E-state index >= 15 is 0 Å². The number of hydrogen-bond acceptors (Lipinski definition) is 3. The second-order valence-electron chi connectivity index (χ2n) is 4.37. The Bertz CT molecular complexity index is 653. The van der Waals surface area contributed by atoms with Crippen molar-refractivity contribution in [3.8, 4) is 11.1 Å². The first kappa shape index (κ1) is 15.6.